The summed E-state index contributed by atoms with van der Waals surface area (Å²) in [5.74, 6) is 0. The fourth-order valence-electron chi connectivity index (χ4n) is 2.87. The van der Waals surface area contributed by atoms with E-state index in [1.807, 2.05) is 30.3 Å². The average Bonchev–Trinajstić information content (AvgIpc) is 3.26. The third kappa shape index (κ3) is 2.90. The number of para-hydroxylation sites is 1. The highest BCUT2D eigenvalue weighted by Crippen LogP contribution is 2.37. The number of thiophene rings is 1. The summed E-state index contributed by atoms with van der Waals surface area (Å²) in [4.78, 5) is 1.24. The van der Waals surface area contributed by atoms with Crippen molar-refractivity contribution < 1.29 is 0 Å². The Morgan fingerprint density at radius 3 is 2.43 bits per heavy atom. The van der Waals surface area contributed by atoms with Crippen molar-refractivity contribution in [2.45, 2.75) is 12.5 Å². The van der Waals surface area contributed by atoms with Gasteiger partial charge in [0.25, 0.3) is 0 Å². The Bertz CT molecular complexity index is 810. The molecule has 0 saturated carbocycles. The van der Waals surface area contributed by atoms with E-state index in [9.17, 15) is 0 Å². The van der Waals surface area contributed by atoms with Crippen molar-refractivity contribution in [3.8, 4) is 0 Å². The summed E-state index contributed by atoms with van der Waals surface area (Å²) in [6, 6.07) is 22.8. The van der Waals surface area contributed by atoms with Crippen LogP contribution in [0.4, 0.5) is 5.69 Å². The van der Waals surface area contributed by atoms with Gasteiger partial charge in [-0.25, -0.2) is 0 Å². The van der Waals surface area contributed by atoms with E-state index in [0.717, 1.165) is 22.8 Å². The van der Waals surface area contributed by atoms with Crippen LogP contribution in [0.25, 0.3) is 0 Å². The molecule has 2 aromatic carbocycles. The molecule has 1 unspecified atom stereocenters. The van der Waals surface area contributed by atoms with Crippen molar-refractivity contribution in [3.05, 3.63) is 87.6 Å². The van der Waals surface area contributed by atoms with Crippen LogP contribution in [0.3, 0.4) is 0 Å². The molecule has 0 spiro atoms. The molecule has 2 nitrogen and oxygen atoms in total. The first-order valence-corrected chi connectivity index (χ1v) is 8.78. The number of nitrogens with zero attached hydrogens (tertiary/aromatic N) is 2. The number of halogens is 1. The van der Waals surface area contributed by atoms with Crippen LogP contribution in [-0.2, 0) is 0 Å². The van der Waals surface area contributed by atoms with Crippen LogP contribution in [-0.4, -0.2) is 5.71 Å². The Balaban J connectivity index is 1.74. The standard InChI is InChI=1S/C19H15ClN2S/c20-15-10-8-14(9-11-15)18-13-17(19-7-4-12-23-19)21-22(18)16-5-2-1-3-6-16/h1-12,18H,13H2. The number of hydrogen-bond acceptors (Lipinski definition) is 3. The van der Waals surface area contributed by atoms with Crippen molar-refractivity contribution in [2.24, 2.45) is 5.10 Å². The summed E-state index contributed by atoms with van der Waals surface area (Å²) < 4.78 is 0. The zero-order valence-electron chi connectivity index (χ0n) is 12.4. The summed E-state index contributed by atoms with van der Waals surface area (Å²) in [6.07, 6.45) is 0.900. The number of rotatable bonds is 3. The number of hydrogen-bond donors (Lipinski definition) is 0. The molecule has 0 amide bonds. The second kappa shape index (κ2) is 6.19. The lowest BCUT2D eigenvalue weighted by molar-refractivity contribution is 0.709. The minimum Gasteiger partial charge on any atom is -0.257 e. The molecule has 0 radical (unpaired) electrons. The van der Waals surface area contributed by atoms with Crippen LogP contribution in [0, 0.1) is 0 Å². The first-order chi connectivity index (χ1) is 11.3. The minimum atomic E-state index is 0.201. The first kappa shape index (κ1) is 14.5. The van der Waals surface area contributed by atoms with Gasteiger partial charge in [0.05, 0.1) is 22.3 Å². The highest BCUT2D eigenvalue weighted by Gasteiger charge is 2.30. The summed E-state index contributed by atoms with van der Waals surface area (Å²) in [5.41, 5.74) is 3.48. The van der Waals surface area contributed by atoms with Crippen molar-refractivity contribution in [1.29, 1.82) is 0 Å². The molecule has 3 aromatic rings. The maximum Gasteiger partial charge on any atom is 0.0832 e. The van der Waals surface area contributed by atoms with E-state index in [1.54, 1.807) is 11.3 Å². The van der Waals surface area contributed by atoms with Gasteiger partial charge in [-0.2, -0.15) is 5.10 Å². The molecule has 1 atom stereocenters. The number of anilines is 1. The molecule has 0 fully saturated rings. The predicted octanol–water partition coefficient (Wildman–Crippen LogP) is 5.76. The van der Waals surface area contributed by atoms with Crippen molar-refractivity contribution >= 4 is 34.3 Å². The topological polar surface area (TPSA) is 15.6 Å². The number of benzene rings is 2. The fraction of sp³-hybridized carbons (Fsp3) is 0.105. The van der Waals surface area contributed by atoms with Crippen LogP contribution in [0.5, 0.6) is 0 Å². The highest BCUT2D eigenvalue weighted by atomic mass is 35.5. The molecule has 0 N–H and O–H groups in total. The summed E-state index contributed by atoms with van der Waals surface area (Å²) in [5, 5.41) is 9.89. The van der Waals surface area contributed by atoms with E-state index < -0.39 is 0 Å². The highest BCUT2D eigenvalue weighted by molar-refractivity contribution is 7.12. The summed E-state index contributed by atoms with van der Waals surface area (Å²) in [6.45, 7) is 0. The molecule has 0 aliphatic carbocycles. The van der Waals surface area contributed by atoms with Gasteiger partial charge in [-0.3, -0.25) is 5.01 Å². The van der Waals surface area contributed by atoms with Crippen molar-refractivity contribution in [2.75, 3.05) is 5.01 Å². The van der Waals surface area contributed by atoms with Crippen LogP contribution in [0.2, 0.25) is 5.02 Å². The third-order valence-electron chi connectivity index (χ3n) is 3.99. The lowest BCUT2D eigenvalue weighted by atomic mass is 10.0. The molecule has 23 heavy (non-hydrogen) atoms. The molecule has 2 heterocycles. The van der Waals surface area contributed by atoms with Gasteiger partial charge < -0.3 is 0 Å². The molecule has 4 heteroatoms. The van der Waals surface area contributed by atoms with Crippen molar-refractivity contribution in [3.63, 3.8) is 0 Å². The normalized spacial score (nSPS) is 17.3. The molecule has 1 aromatic heterocycles. The Labute approximate surface area is 144 Å². The molecule has 1 aliphatic heterocycles. The summed E-state index contributed by atoms with van der Waals surface area (Å²) >= 11 is 7.78. The maximum atomic E-state index is 6.04. The van der Waals surface area contributed by atoms with Gasteiger partial charge in [-0.15, -0.1) is 11.3 Å². The second-order valence-electron chi connectivity index (χ2n) is 5.48. The van der Waals surface area contributed by atoms with E-state index in [1.165, 1.54) is 10.4 Å². The Hall–Kier alpha value is -2.10. The van der Waals surface area contributed by atoms with Crippen LogP contribution < -0.4 is 5.01 Å². The smallest absolute Gasteiger partial charge is 0.0832 e. The molecule has 0 saturated heterocycles. The van der Waals surface area contributed by atoms with Gasteiger partial charge in [0.2, 0.25) is 0 Å². The lowest BCUT2D eigenvalue weighted by Crippen LogP contribution is -2.18. The molecular weight excluding hydrogens is 324 g/mol. The van der Waals surface area contributed by atoms with Crippen molar-refractivity contribution in [1.82, 2.24) is 0 Å². The maximum absolute atomic E-state index is 6.04. The van der Waals surface area contributed by atoms with Crippen LogP contribution >= 0.6 is 22.9 Å². The molecule has 1 aliphatic rings. The van der Waals surface area contributed by atoms with E-state index in [4.69, 9.17) is 16.7 Å². The van der Waals surface area contributed by atoms with E-state index in [-0.39, 0.29) is 6.04 Å². The quantitative estimate of drug-likeness (QED) is 0.593. The van der Waals surface area contributed by atoms with Gasteiger partial charge >= 0.3 is 0 Å². The minimum absolute atomic E-state index is 0.201. The molecule has 0 bridgehead atoms. The van der Waals surface area contributed by atoms with E-state index in [2.05, 4.69) is 46.8 Å². The fourth-order valence-corrected chi connectivity index (χ4v) is 3.71. The molecule has 4 rings (SSSR count). The number of hydrazone groups is 1. The molecular formula is C19H15ClN2S. The van der Waals surface area contributed by atoms with Gasteiger partial charge in [-0.05, 0) is 41.3 Å². The third-order valence-corrected chi connectivity index (χ3v) is 5.16. The largest absolute Gasteiger partial charge is 0.257 e. The second-order valence-corrected chi connectivity index (χ2v) is 6.86. The molecule has 114 valence electrons. The predicted molar refractivity (Wildman–Crippen MR) is 98.6 cm³/mol. The lowest BCUT2D eigenvalue weighted by Gasteiger charge is -2.24. The van der Waals surface area contributed by atoms with Gasteiger partial charge in [0.15, 0.2) is 0 Å². The summed E-state index contributed by atoms with van der Waals surface area (Å²) in [7, 11) is 0. The SMILES string of the molecule is Clc1ccc(C2CC(c3cccs3)=NN2c2ccccc2)cc1. The first-order valence-electron chi connectivity index (χ1n) is 7.52. The van der Waals surface area contributed by atoms with Gasteiger partial charge in [0.1, 0.15) is 0 Å². The van der Waals surface area contributed by atoms with Gasteiger partial charge in [-0.1, -0.05) is 48.0 Å². The Morgan fingerprint density at radius 1 is 0.957 bits per heavy atom. The Kier molecular flexibility index (Phi) is 3.90. The zero-order valence-corrected chi connectivity index (χ0v) is 14.0. The van der Waals surface area contributed by atoms with E-state index >= 15 is 0 Å². The average molecular weight is 339 g/mol. The van der Waals surface area contributed by atoms with E-state index in [0.29, 0.717) is 0 Å². The Morgan fingerprint density at radius 2 is 1.74 bits per heavy atom. The van der Waals surface area contributed by atoms with Crippen LogP contribution in [0.1, 0.15) is 22.9 Å². The van der Waals surface area contributed by atoms with Crippen LogP contribution in [0.15, 0.2) is 77.2 Å². The zero-order chi connectivity index (χ0) is 15.6. The van der Waals surface area contributed by atoms with Gasteiger partial charge in [0, 0.05) is 11.4 Å². The monoisotopic (exact) mass is 338 g/mol.